The van der Waals surface area contributed by atoms with Crippen LogP contribution < -0.4 is 16.0 Å². The lowest BCUT2D eigenvalue weighted by molar-refractivity contribution is -0.137. The van der Waals surface area contributed by atoms with E-state index in [0.717, 1.165) is 24.0 Å². The van der Waals surface area contributed by atoms with E-state index < -0.39 is 40.6 Å². The molecule has 47 heavy (non-hydrogen) atoms. The Bertz CT molecular complexity index is 1530. The summed E-state index contributed by atoms with van der Waals surface area (Å²) < 4.78 is 12.9. The number of imidazole rings is 1. The molecule has 1 unspecified atom stereocenters. The summed E-state index contributed by atoms with van der Waals surface area (Å²) in [5, 5.41) is 8.04. The van der Waals surface area contributed by atoms with E-state index >= 15 is 0 Å². The second kappa shape index (κ2) is 14.8. The number of ether oxygens (including phenoxy) is 2. The van der Waals surface area contributed by atoms with Gasteiger partial charge in [0, 0.05) is 19.3 Å². The maximum absolute atomic E-state index is 13.9. The van der Waals surface area contributed by atoms with Crippen LogP contribution in [-0.2, 0) is 36.0 Å². The fraction of sp³-hybridized carbons (Fsp3) is 0.457. The summed E-state index contributed by atoms with van der Waals surface area (Å²) in [7, 11) is 0. The number of carbonyl (C=O) groups is 4. The van der Waals surface area contributed by atoms with Crippen molar-refractivity contribution in [3.8, 4) is 0 Å². The van der Waals surface area contributed by atoms with Gasteiger partial charge in [0.15, 0.2) is 5.82 Å². The molecule has 0 bridgehead atoms. The third-order valence-corrected chi connectivity index (χ3v) is 7.89. The first-order chi connectivity index (χ1) is 22.2. The van der Waals surface area contributed by atoms with E-state index in [-0.39, 0.29) is 24.9 Å². The van der Waals surface area contributed by atoms with Crippen molar-refractivity contribution in [1.82, 2.24) is 25.1 Å². The SMILES string of the molecule is CC(C)(C)OC(=O)NC(C)(C)C(=O)N[C@H](COCc1ccccc1)C(=O)Nc1cn(C(C)(C(=O)N2CCCC2)c2ccccc2)cn1. The fourth-order valence-corrected chi connectivity index (χ4v) is 5.23. The highest BCUT2D eigenvalue weighted by atomic mass is 16.6. The number of hydrogen-bond acceptors (Lipinski definition) is 7. The molecule has 0 saturated carbocycles. The molecule has 0 spiro atoms. The van der Waals surface area contributed by atoms with Gasteiger partial charge in [0.1, 0.15) is 22.7 Å². The van der Waals surface area contributed by atoms with Crippen LogP contribution in [0, 0.1) is 0 Å². The molecule has 0 aliphatic carbocycles. The average Bonchev–Trinajstić information content (AvgIpc) is 3.73. The summed E-state index contributed by atoms with van der Waals surface area (Å²) in [5.41, 5.74) is -1.61. The van der Waals surface area contributed by atoms with E-state index in [1.54, 1.807) is 31.5 Å². The molecule has 4 rings (SSSR count). The molecular formula is C35H46N6O6. The van der Waals surface area contributed by atoms with Crippen molar-refractivity contribution in [2.45, 2.75) is 83.7 Å². The number of anilines is 1. The van der Waals surface area contributed by atoms with Crippen LogP contribution in [0.1, 0.15) is 65.5 Å². The van der Waals surface area contributed by atoms with E-state index in [0.29, 0.717) is 13.1 Å². The fourth-order valence-electron chi connectivity index (χ4n) is 5.23. The average molecular weight is 647 g/mol. The van der Waals surface area contributed by atoms with Gasteiger partial charge in [-0.25, -0.2) is 9.78 Å². The second-order valence-corrected chi connectivity index (χ2v) is 13.4. The Morgan fingerprint density at radius 2 is 1.51 bits per heavy atom. The van der Waals surface area contributed by atoms with Crippen LogP contribution in [0.5, 0.6) is 0 Å². The quantitative estimate of drug-likeness (QED) is 0.267. The predicted octanol–water partition coefficient (Wildman–Crippen LogP) is 4.21. The molecule has 2 aromatic carbocycles. The van der Waals surface area contributed by atoms with Crippen LogP contribution in [0.25, 0.3) is 0 Å². The lowest BCUT2D eigenvalue weighted by Gasteiger charge is -2.34. The van der Waals surface area contributed by atoms with Crippen molar-refractivity contribution in [3.05, 3.63) is 84.3 Å². The van der Waals surface area contributed by atoms with Crippen molar-refractivity contribution >= 4 is 29.6 Å². The number of carbonyl (C=O) groups excluding carboxylic acids is 4. The van der Waals surface area contributed by atoms with E-state index in [1.807, 2.05) is 72.5 Å². The molecule has 4 amide bonds. The number of benzene rings is 2. The number of hydrogen-bond donors (Lipinski definition) is 3. The first-order valence-corrected chi connectivity index (χ1v) is 15.8. The Kier molecular flexibility index (Phi) is 11.1. The van der Waals surface area contributed by atoms with Gasteiger partial charge < -0.3 is 34.9 Å². The Morgan fingerprint density at radius 3 is 2.13 bits per heavy atom. The zero-order chi connectivity index (χ0) is 34.2. The number of aromatic nitrogens is 2. The van der Waals surface area contributed by atoms with E-state index in [4.69, 9.17) is 9.47 Å². The van der Waals surface area contributed by atoms with Gasteiger partial charge in [-0.2, -0.15) is 0 Å². The molecule has 1 fully saturated rings. The number of likely N-dealkylation sites (tertiary alicyclic amines) is 1. The summed E-state index contributed by atoms with van der Waals surface area (Å²) in [6.45, 7) is 11.4. The van der Waals surface area contributed by atoms with Gasteiger partial charge in [0.05, 0.1) is 19.5 Å². The van der Waals surface area contributed by atoms with Crippen molar-refractivity contribution in [3.63, 3.8) is 0 Å². The van der Waals surface area contributed by atoms with Crippen molar-refractivity contribution in [2.24, 2.45) is 0 Å². The molecule has 1 saturated heterocycles. The van der Waals surface area contributed by atoms with Crippen molar-refractivity contribution in [2.75, 3.05) is 25.0 Å². The Balaban J connectivity index is 1.53. The zero-order valence-corrected chi connectivity index (χ0v) is 28.0. The molecule has 1 aromatic heterocycles. The maximum atomic E-state index is 13.9. The van der Waals surface area contributed by atoms with E-state index in [2.05, 4.69) is 20.9 Å². The van der Waals surface area contributed by atoms with Crippen LogP contribution in [0.15, 0.2) is 73.2 Å². The largest absolute Gasteiger partial charge is 0.444 e. The topological polar surface area (TPSA) is 144 Å². The monoisotopic (exact) mass is 646 g/mol. The maximum Gasteiger partial charge on any atom is 0.408 e. The van der Waals surface area contributed by atoms with Crippen LogP contribution in [0.3, 0.4) is 0 Å². The summed E-state index contributed by atoms with van der Waals surface area (Å²) in [5.74, 6) is -1.07. The Labute approximate surface area is 276 Å². The number of alkyl carbamates (subject to hydrolysis) is 1. The Hall–Kier alpha value is -4.71. The highest BCUT2D eigenvalue weighted by Crippen LogP contribution is 2.31. The second-order valence-electron chi connectivity index (χ2n) is 13.4. The summed E-state index contributed by atoms with van der Waals surface area (Å²) in [4.78, 5) is 59.6. The lowest BCUT2D eigenvalue weighted by atomic mass is 9.90. The molecule has 12 nitrogen and oxygen atoms in total. The molecule has 1 aliphatic rings. The number of rotatable bonds is 12. The molecular weight excluding hydrogens is 600 g/mol. The molecule has 3 aromatic rings. The van der Waals surface area contributed by atoms with Crippen LogP contribution in [0.2, 0.25) is 0 Å². The molecule has 0 radical (unpaired) electrons. The van der Waals surface area contributed by atoms with Crippen molar-refractivity contribution < 1.29 is 28.7 Å². The molecule has 1 aliphatic heterocycles. The molecule has 3 N–H and O–H groups in total. The van der Waals surface area contributed by atoms with E-state index in [1.165, 1.54) is 20.2 Å². The Morgan fingerprint density at radius 1 is 0.894 bits per heavy atom. The minimum Gasteiger partial charge on any atom is -0.444 e. The van der Waals surface area contributed by atoms with Gasteiger partial charge in [0.25, 0.3) is 11.8 Å². The number of nitrogens with one attached hydrogen (secondary N) is 3. The smallest absolute Gasteiger partial charge is 0.408 e. The lowest BCUT2D eigenvalue weighted by Crippen LogP contribution is -2.59. The van der Waals surface area contributed by atoms with Gasteiger partial charge in [-0.3, -0.25) is 14.4 Å². The molecule has 2 heterocycles. The van der Waals surface area contributed by atoms with Gasteiger partial charge in [-0.05, 0) is 65.5 Å². The third-order valence-electron chi connectivity index (χ3n) is 7.89. The third kappa shape index (κ3) is 9.19. The summed E-state index contributed by atoms with van der Waals surface area (Å²) in [6.07, 6.45) is 4.26. The summed E-state index contributed by atoms with van der Waals surface area (Å²) >= 11 is 0. The standard InChI is InChI=1S/C35H46N6O6/c1-33(2,3)47-32(45)39-34(4,5)30(43)37-27(23-46-22-25-15-9-7-10-16-25)29(42)38-28-21-41(24-36-28)35(6,26-17-11-8-12-18-26)31(44)40-19-13-14-20-40/h7-12,15-18,21,24,27H,13-14,19-20,22-23H2,1-6H3,(H,37,43)(H,38,42)(H,39,45)/t27-,35?/m1/s1. The molecule has 2 atom stereocenters. The first kappa shape index (κ1) is 35.1. The summed E-state index contributed by atoms with van der Waals surface area (Å²) in [6, 6.07) is 17.7. The van der Waals surface area contributed by atoms with Crippen LogP contribution in [0.4, 0.5) is 10.6 Å². The first-order valence-electron chi connectivity index (χ1n) is 15.8. The molecule has 252 valence electrons. The van der Waals surface area contributed by atoms with E-state index in [9.17, 15) is 19.2 Å². The van der Waals surface area contributed by atoms with Gasteiger partial charge >= 0.3 is 6.09 Å². The van der Waals surface area contributed by atoms with Gasteiger partial charge in [-0.15, -0.1) is 0 Å². The predicted molar refractivity (Wildman–Crippen MR) is 177 cm³/mol. The van der Waals surface area contributed by atoms with Crippen molar-refractivity contribution in [1.29, 1.82) is 0 Å². The normalized spacial score (nSPS) is 15.3. The van der Waals surface area contributed by atoms with Gasteiger partial charge in [0.2, 0.25) is 5.91 Å². The highest BCUT2D eigenvalue weighted by molar-refractivity contribution is 5.98. The van der Waals surface area contributed by atoms with Crippen LogP contribution in [-0.4, -0.2) is 75.1 Å². The molecule has 12 heteroatoms. The van der Waals surface area contributed by atoms with Gasteiger partial charge in [-0.1, -0.05) is 60.7 Å². The number of nitrogens with zero attached hydrogens (tertiary/aromatic N) is 3. The van der Waals surface area contributed by atoms with Crippen LogP contribution >= 0.6 is 0 Å². The zero-order valence-electron chi connectivity index (χ0n) is 28.0. The highest BCUT2D eigenvalue weighted by Gasteiger charge is 2.41. The minimum absolute atomic E-state index is 0.0596. The number of amides is 4. The minimum atomic E-state index is -1.42.